The molecule has 0 aliphatic heterocycles. The van der Waals surface area contributed by atoms with Gasteiger partial charge in [0.05, 0.1) is 22.6 Å². The van der Waals surface area contributed by atoms with Crippen LogP contribution in [0.5, 0.6) is 0 Å². The number of sulfone groups is 1. The van der Waals surface area contributed by atoms with Gasteiger partial charge in [0.1, 0.15) is 12.0 Å². The van der Waals surface area contributed by atoms with Crippen LogP contribution in [0.2, 0.25) is 0 Å². The third kappa shape index (κ3) is 7.17. The van der Waals surface area contributed by atoms with Crippen LogP contribution in [0.1, 0.15) is 40.0 Å². The zero-order valence-electron chi connectivity index (χ0n) is 23.1. The topological polar surface area (TPSA) is 150 Å². The first-order valence-corrected chi connectivity index (χ1v) is 14.6. The Morgan fingerprint density at radius 2 is 1.77 bits per heavy atom. The van der Waals surface area contributed by atoms with Crippen LogP contribution in [0.15, 0.2) is 68.7 Å². The maximum absolute atomic E-state index is 13.6. The van der Waals surface area contributed by atoms with Gasteiger partial charge in [-0.3, -0.25) is 19.0 Å². The van der Waals surface area contributed by atoms with Crippen molar-refractivity contribution >= 4 is 21.7 Å². The molecule has 0 saturated carbocycles. The average Bonchev–Trinajstić information content (AvgIpc) is 3.39. The second-order valence-corrected chi connectivity index (χ2v) is 11.3. The first-order chi connectivity index (χ1) is 20.2. The van der Waals surface area contributed by atoms with E-state index in [2.05, 4.69) is 15.5 Å². The number of benzene rings is 2. The number of rotatable bonds is 9. The highest BCUT2D eigenvalue weighted by Gasteiger charge is 2.31. The molecule has 2 heterocycles. The van der Waals surface area contributed by atoms with Crippen LogP contribution in [0.25, 0.3) is 17.1 Å². The van der Waals surface area contributed by atoms with Gasteiger partial charge in [-0.2, -0.15) is 13.2 Å². The molecular weight excluding hydrogens is 593 g/mol. The Bertz CT molecular complexity index is 1850. The normalized spacial score (nSPS) is 11.8. The molecule has 0 aliphatic rings. The lowest BCUT2D eigenvalue weighted by Gasteiger charge is -2.16. The molecule has 226 valence electrons. The quantitative estimate of drug-likeness (QED) is 0.277. The average molecular weight is 619 g/mol. The van der Waals surface area contributed by atoms with Gasteiger partial charge in [-0.1, -0.05) is 18.2 Å². The monoisotopic (exact) mass is 618 g/mol. The molecule has 0 radical (unpaired) electrons. The number of ether oxygens (including phenoxy) is 1. The summed E-state index contributed by atoms with van der Waals surface area (Å²) in [5, 5.41) is 10.3. The highest BCUT2D eigenvalue weighted by molar-refractivity contribution is 7.90. The number of carbonyl (C=O) groups is 2. The summed E-state index contributed by atoms with van der Waals surface area (Å²) in [6, 6.07) is 10.9. The van der Waals surface area contributed by atoms with Crippen molar-refractivity contribution in [1.29, 1.82) is 0 Å². The maximum atomic E-state index is 13.6. The fourth-order valence-electron chi connectivity index (χ4n) is 4.12. The number of carbonyl (C=O) groups excluding carboxylic acids is 2. The van der Waals surface area contributed by atoms with E-state index in [1.54, 1.807) is 6.92 Å². The molecule has 1 amide bonds. The van der Waals surface area contributed by atoms with E-state index in [1.165, 1.54) is 43.3 Å². The fourth-order valence-corrected chi connectivity index (χ4v) is 4.75. The first-order valence-electron chi connectivity index (χ1n) is 12.7. The maximum Gasteiger partial charge on any atom is 0.416 e. The number of halogens is 3. The molecule has 0 bridgehead atoms. The van der Waals surface area contributed by atoms with E-state index in [0.29, 0.717) is 5.56 Å². The van der Waals surface area contributed by atoms with Crippen LogP contribution >= 0.6 is 0 Å². The minimum atomic E-state index is -4.70. The number of amides is 1. The molecule has 11 nitrogen and oxygen atoms in total. The van der Waals surface area contributed by atoms with Crippen LogP contribution < -0.4 is 10.9 Å². The number of nitrogens with zero attached hydrogens (tertiary/aromatic N) is 3. The summed E-state index contributed by atoms with van der Waals surface area (Å²) in [5.41, 5.74) is -1.89. The van der Waals surface area contributed by atoms with Crippen molar-refractivity contribution < 1.29 is 40.3 Å². The van der Waals surface area contributed by atoms with Crippen molar-refractivity contribution in [3.8, 4) is 17.1 Å². The number of hydrogen-bond acceptors (Lipinski definition) is 9. The molecule has 43 heavy (non-hydrogen) atoms. The molecule has 1 N–H and O–H groups in total. The van der Waals surface area contributed by atoms with Crippen LogP contribution in [0.4, 0.5) is 13.2 Å². The molecule has 2 aromatic carbocycles. The Balaban J connectivity index is 1.77. The van der Waals surface area contributed by atoms with Gasteiger partial charge < -0.3 is 14.5 Å². The van der Waals surface area contributed by atoms with Gasteiger partial charge in [0, 0.05) is 24.2 Å². The molecule has 0 unspecified atom stereocenters. The van der Waals surface area contributed by atoms with Gasteiger partial charge >= 0.3 is 12.1 Å². The summed E-state index contributed by atoms with van der Waals surface area (Å²) in [5.74, 6) is -1.81. The van der Waals surface area contributed by atoms with Crippen LogP contribution in [-0.2, 0) is 38.5 Å². The first kappa shape index (κ1) is 31.2. The third-order valence-electron chi connectivity index (χ3n) is 6.23. The van der Waals surface area contributed by atoms with E-state index < -0.39 is 44.6 Å². The van der Waals surface area contributed by atoms with E-state index in [4.69, 9.17) is 9.15 Å². The number of alkyl halides is 3. The highest BCUT2D eigenvalue weighted by atomic mass is 32.2. The third-order valence-corrected chi connectivity index (χ3v) is 7.35. The summed E-state index contributed by atoms with van der Waals surface area (Å²) in [7, 11) is -3.43. The lowest BCUT2D eigenvalue weighted by molar-refractivity contribution is -0.142. The van der Waals surface area contributed by atoms with Gasteiger partial charge in [-0.15, -0.1) is 10.2 Å². The zero-order chi connectivity index (χ0) is 31.5. The molecular formula is C28H25F3N4O7S. The Labute approximate surface area is 243 Å². The molecule has 15 heteroatoms. The van der Waals surface area contributed by atoms with E-state index >= 15 is 0 Å². The molecule has 4 aromatic rings. The summed E-state index contributed by atoms with van der Waals surface area (Å²) >= 11 is 0. The van der Waals surface area contributed by atoms with Crippen molar-refractivity contribution in [1.82, 2.24) is 20.1 Å². The molecule has 2 aromatic heterocycles. The minimum Gasteiger partial charge on any atom is -0.466 e. The lowest BCUT2D eigenvalue weighted by Crippen LogP contribution is -2.33. The number of pyridine rings is 1. The zero-order valence-corrected chi connectivity index (χ0v) is 23.9. The Morgan fingerprint density at radius 1 is 1.07 bits per heavy atom. The van der Waals surface area contributed by atoms with Gasteiger partial charge in [-0.05, 0) is 55.8 Å². The minimum absolute atomic E-state index is 0.0577. The van der Waals surface area contributed by atoms with E-state index in [9.17, 15) is 36.0 Å². The predicted octanol–water partition coefficient (Wildman–Crippen LogP) is 3.65. The van der Waals surface area contributed by atoms with Gasteiger partial charge in [0.2, 0.25) is 11.8 Å². The Kier molecular flexibility index (Phi) is 8.85. The van der Waals surface area contributed by atoms with Crippen LogP contribution in [0.3, 0.4) is 0 Å². The van der Waals surface area contributed by atoms with Crippen LogP contribution in [-0.4, -0.2) is 47.9 Å². The van der Waals surface area contributed by atoms with Gasteiger partial charge in [-0.25, -0.2) is 8.42 Å². The number of esters is 1. The smallest absolute Gasteiger partial charge is 0.416 e. The standard InChI is InChI=1S/C28H25F3N4O7S/c1-4-41-24(36)14-23-33-34-26(42-23)21-13-22(25(37)32-15-17-8-10-20(11-9-17)43(3,39)40)27(38)35(16(21)2)19-7-5-6-18(12-19)28(29,30)31/h5-13H,4,14-15H2,1-3H3,(H,32,37). The Morgan fingerprint density at radius 3 is 2.40 bits per heavy atom. The molecule has 0 aliphatic carbocycles. The van der Waals surface area contributed by atoms with Crippen LogP contribution in [0, 0.1) is 6.92 Å². The van der Waals surface area contributed by atoms with Gasteiger partial charge in [0.25, 0.3) is 11.5 Å². The predicted molar refractivity (Wildman–Crippen MR) is 146 cm³/mol. The fraction of sp³-hybridized carbons (Fsp3) is 0.250. The van der Waals surface area contributed by atoms with Gasteiger partial charge in [0.15, 0.2) is 9.84 Å². The summed E-state index contributed by atoms with van der Waals surface area (Å²) < 4.78 is 75.3. The van der Waals surface area contributed by atoms with E-state index in [0.717, 1.165) is 29.0 Å². The number of aromatic nitrogens is 3. The summed E-state index contributed by atoms with van der Waals surface area (Å²) in [6.07, 6.45) is -4.00. The molecule has 0 saturated heterocycles. The van der Waals surface area contributed by atoms with Crippen molar-refractivity contribution in [2.24, 2.45) is 0 Å². The van der Waals surface area contributed by atoms with Crippen molar-refractivity contribution in [3.05, 3.63) is 93.2 Å². The van der Waals surface area contributed by atoms with Crippen molar-refractivity contribution in [2.75, 3.05) is 12.9 Å². The molecule has 4 rings (SSSR count). The number of nitrogens with one attached hydrogen (secondary N) is 1. The SMILES string of the molecule is CCOC(=O)Cc1nnc(-c2cc(C(=O)NCc3ccc(S(C)(=O)=O)cc3)c(=O)n(-c3cccc(C(F)(F)F)c3)c2C)o1. The largest absolute Gasteiger partial charge is 0.466 e. The van der Waals surface area contributed by atoms with E-state index in [1.807, 2.05) is 0 Å². The Hall–Kier alpha value is -4.79. The highest BCUT2D eigenvalue weighted by Crippen LogP contribution is 2.31. The number of hydrogen-bond donors (Lipinski definition) is 1. The second-order valence-electron chi connectivity index (χ2n) is 9.33. The molecule has 0 spiro atoms. The summed E-state index contributed by atoms with van der Waals surface area (Å²) in [4.78, 5) is 38.8. The molecule has 0 fully saturated rings. The second kappa shape index (κ2) is 12.2. The van der Waals surface area contributed by atoms with Crippen molar-refractivity contribution in [3.63, 3.8) is 0 Å². The van der Waals surface area contributed by atoms with Crippen molar-refractivity contribution in [2.45, 2.75) is 37.9 Å². The van der Waals surface area contributed by atoms with E-state index in [-0.39, 0.29) is 53.2 Å². The summed E-state index contributed by atoms with van der Waals surface area (Å²) in [6.45, 7) is 3.08. The lowest BCUT2D eigenvalue weighted by atomic mass is 10.1. The molecule has 0 atom stereocenters.